The number of aromatic amines is 1. The average Bonchev–Trinajstić information content (AvgIpc) is 2.44. The summed E-state index contributed by atoms with van der Waals surface area (Å²) in [5.41, 5.74) is -0.708. The molecule has 0 amide bonds. The van der Waals surface area contributed by atoms with Gasteiger partial charge in [-0.15, -0.1) is 0 Å². The third kappa shape index (κ3) is 1.83. The Morgan fingerprint density at radius 2 is 1.93 bits per heavy atom. The van der Waals surface area contributed by atoms with Gasteiger partial charge in [0, 0.05) is 4.47 Å². The van der Waals surface area contributed by atoms with E-state index in [1.807, 2.05) is 0 Å². The monoisotopic (exact) mass is 282 g/mol. The highest BCUT2D eigenvalue weighted by molar-refractivity contribution is 9.10. The lowest BCUT2D eigenvalue weighted by Gasteiger charge is -2.06. The van der Waals surface area contributed by atoms with Gasteiger partial charge in [0.2, 0.25) is 0 Å². The van der Waals surface area contributed by atoms with Gasteiger partial charge in [0.05, 0.1) is 11.1 Å². The fourth-order valence-electron chi connectivity index (χ4n) is 1.21. The maximum Gasteiger partial charge on any atom is 0.416 e. The van der Waals surface area contributed by atoms with Crippen LogP contribution in [0.5, 0.6) is 0 Å². The molecule has 0 aliphatic carbocycles. The average molecular weight is 283 g/mol. The van der Waals surface area contributed by atoms with Gasteiger partial charge in [-0.25, -0.2) is 4.98 Å². The molecular formula is C8H3BrF4N2. The molecule has 80 valence electrons. The summed E-state index contributed by atoms with van der Waals surface area (Å²) in [5, 5.41) is 0. The topological polar surface area (TPSA) is 28.7 Å². The number of H-pyrrole nitrogens is 1. The van der Waals surface area contributed by atoms with Crippen LogP contribution in [0, 0.1) is 6.08 Å². The first-order valence-electron chi connectivity index (χ1n) is 3.80. The predicted octanol–water partition coefficient (Wildman–Crippen LogP) is 3.48. The van der Waals surface area contributed by atoms with E-state index in [2.05, 4.69) is 25.9 Å². The quantitative estimate of drug-likeness (QED) is 0.737. The molecule has 1 N–H and O–H groups in total. The van der Waals surface area contributed by atoms with E-state index in [-0.39, 0.29) is 15.5 Å². The summed E-state index contributed by atoms with van der Waals surface area (Å²) in [4.78, 5) is 5.50. The van der Waals surface area contributed by atoms with E-state index >= 15 is 0 Å². The number of imidazole rings is 1. The summed E-state index contributed by atoms with van der Waals surface area (Å²) < 4.78 is 49.8. The van der Waals surface area contributed by atoms with Crippen molar-refractivity contribution in [1.82, 2.24) is 9.97 Å². The summed E-state index contributed by atoms with van der Waals surface area (Å²) in [7, 11) is 0. The zero-order valence-corrected chi connectivity index (χ0v) is 8.58. The molecule has 0 fully saturated rings. The van der Waals surface area contributed by atoms with Gasteiger partial charge in [-0.2, -0.15) is 17.6 Å². The highest BCUT2D eigenvalue weighted by atomic mass is 79.9. The van der Waals surface area contributed by atoms with Crippen LogP contribution in [0.2, 0.25) is 0 Å². The van der Waals surface area contributed by atoms with Gasteiger partial charge in [0.25, 0.3) is 6.08 Å². The zero-order chi connectivity index (χ0) is 11.2. The van der Waals surface area contributed by atoms with Crippen LogP contribution in [-0.4, -0.2) is 9.97 Å². The van der Waals surface area contributed by atoms with Gasteiger partial charge in [0.15, 0.2) is 0 Å². The van der Waals surface area contributed by atoms with Gasteiger partial charge in [-0.3, -0.25) is 0 Å². The third-order valence-electron chi connectivity index (χ3n) is 1.84. The fraction of sp³-hybridized carbons (Fsp3) is 0.125. The number of nitrogens with zero attached hydrogens (tertiary/aromatic N) is 1. The molecule has 1 aromatic heterocycles. The Bertz CT molecular complexity index is 517. The van der Waals surface area contributed by atoms with Gasteiger partial charge in [-0.1, -0.05) is 0 Å². The van der Waals surface area contributed by atoms with Crippen molar-refractivity contribution in [2.75, 3.05) is 0 Å². The summed E-state index contributed by atoms with van der Waals surface area (Å²) >= 11 is 2.90. The lowest BCUT2D eigenvalue weighted by atomic mass is 10.2. The first-order chi connectivity index (χ1) is 6.88. The normalized spacial score (nSPS) is 12.3. The van der Waals surface area contributed by atoms with Gasteiger partial charge >= 0.3 is 6.18 Å². The number of alkyl halides is 3. The number of benzene rings is 1. The zero-order valence-electron chi connectivity index (χ0n) is 6.99. The second-order valence-electron chi connectivity index (χ2n) is 2.88. The predicted molar refractivity (Wildman–Crippen MR) is 48.8 cm³/mol. The van der Waals surface area contributed by atoms with E-state index in [9.17, 15) is 17.6 Å². The van der Waals surface area contributed by atoms with E-state index in [4.69, 9.17) is 0 Å². The lowest BCUT2D eigenvalue weighted by molar-refractivity contribution is -0.137. The molecule has 1 heterocycles. The van der Waals surface area contributed by atoms with Gasteiger partial charge in [-0.05, 0) is 28.1 Å². The van der Waals surface area contributed by atoms with Crippen molar-refractivity contribution in [2.45, 2.75) is 6.18 Å². The van der Waals surface area contributed by atoms with Crippen LogP contribution in [0.25, 0.3) is 11.0 Å². The molecule has 0 saturated heterocycles. The molecule has 15 heavy (non-hydrogen) atoms. The van der Waals surface area contributed by atoms with E-state index in [0.717, 1.165) is 12.1 Å². The van der Waals surface area contributed by atoms with Crippen molar-refractivity contribution in [3.05, 3.63) is 28.2 Å². The Hall–Kier alpha value is -1.11. The number of fused-ring (bicyclic) bond motifs is 1. The molecule has 2 rings (SSSR count). The highest BCUT2D eigenvalue weighted by Gasteiger charge is 2.31. The number of nitrogens with one attached hydrogen (secondary N) is 1. The Kier molecular flexibility index (Phi) is 2.22. The smallest absolute Gasteiger partial charge is 0.314 e. The number of hydrogen-bond acceptors (Lipinski definition) is 1. The second-order valence-corrected chi connectivity index (χ2v) is 3.73. The van der Waals surface area contributed by atoms with E-state index in [0.29, 0.717) is 0 Å². The molecule has 0 saturated carbocycles. The molecule has 7 heteroatoms. The molecule has 0 atom stereocenters. The second kappa shape index (κ2) is 3.19. The van der Waals surface area contributed by atoms with Gasteiger partial charge < -0.3 is 4.98 Å². The Morgan fingerprint density at radius 3 is 2.53 bits per heavy atom. The minimum atomic E-state index is -4.46. The molecule has 0 radical (unpaired) electrons. The maximum atomic E-state index is 12.7. The van der Waals surface area contributed by atoms with Crippen LogP contribution in [0.3, 0.4) is 0 Å². The molecular weight excluding hydrogens is 280 g/mol. The lowest BCUT2D eigenvalue weighted by Crippen LogP contribution is -2.04. The van der Waals surface area contributed by atoms with Crippen molar-refractivity contribution in [3.8, 4) is 0 Å². The molecule has 0 bridgehead atoms. The van der Waals surface area contributed by atoms with Crippen LogP contribution < -0.4 is 0 Å². The fourth-order valence-corrected chi connectivity index (χ4v) is 1.76. The van der Waals surface area contributed by atoms with Crippen molar-refractivity contribution >= 4 is 27.0 Å². The summed E-state index contributed by atoms with van der Waals surface area (Å²) in [6.45, 7) is 0. The molecule has 0 unspecified atom stereocenters. The molecule has 2 aromatic rings. The highest BCUT2D eigenvalue weighted by Crippen LogP contribution is 2.34. The maximum absolute atomic E-state index is 12.7. The van der Waals surface area contributed by atoms with E-state index < -0.39 is 17.8 Å². The van der Waals surface area contributed by atoms with Crippen molar-refractivity contribution < 1.29 is 17.6 Å². The third-order valence-corrected chi connectivity index (χ3v) is 2.44. The molecule has 0 aliphatic rings. The first-order valence-corrected chi connectivity index (χ1v) is 4.59. The Morgan fingerprint density at radius 1 is 1.27 bits per heavy atom. The number of halogens is 5. The van der Waals surface area contributed by atoms with Crippen molar-refractivity contribution in [3.63, 3.8) is 0 Å². The summed E-state index contributed by atoms with van der Waals surface area (Å²) in [5.74, 6) is 0. The van der Waals surface area contributed by atoms with Crippen LogP contribution >= 0.6 is 15.9 Å². The van der Waals surface area contributed by atoms with Crippen molar-refractivity contribution in [2.24, 2.45) is 0 Å². The van der Waals surface area contributed by atoms with Crippen molar-refractivity contribution in [1.29, 1.82) is 0 Å². The Balaban J connectivity index is 2.72. The van der Waals surface area contributed by atoms with E-state index in [1.165, 1.54) is 0 Å². The molecule has 2 nitrogen and oxygen atoms in total. The molecule has 0 spiro atoms. The summed E-state index contributed by atoms with van der Waals surface area (Å²) in [6.07, 6.45) is -5.37. The van der Waals surface area contributed by atoms with Crippen LogP contribution in [0.4, 0.5) is 17.6 Å². The van der Waals surface area contributed by atoms with Gasteiger partial charge in [0.1, 0.15) is 5.52 Å². The number of aromatic nitrogens is 2. The van der Waals surface area contributed by atoms with Crippen LogP contribution in [-0.2, 0) is 6.18 Å². The molecule has 0 aliphatic heterocycles. The Labute approximate surface area is 89.4 Å². The SMILES string of the molecule is Fc1nc2c(Br)cc(C(F)(F)F)cc2[nH]1. The standard InChI is InChI=1S/C8H3BrF4N2/c9-4-1-3(8(11,12)13)2-5-6(4)15-7(10)14-5/h1-2H,(H,14,15). The van der Waals surface area contributed by atoms with E-state index in [1.54, 1.807) is 0 Å². The minimum absolute atomic E-state index is 0.00852. The van der Waals surface area contributed by atoms with Crippen LogP contribution in [0.1, 0.15) is 5.56 Å². The largest absolute Gasteiger partial charge is 0.416 e. The summed E-state index contributed by atoms with van der Waals surface area (Å²) in [6, 6.07) is 1.68. The first kappa shape index (κ1) is 10.4. The number of hydrogen-bond donors (Lipinski definition) is 1. The minimum Gasteiger partial charge on any atom is -0.314 e. The molecule has 1 aromatic carbocycles. The number of rotatable bonds is 0. The van der Waals surface area contributed by atoms with Crippen LogP contribution in [0.15, 0.2) is 16.6 Å².